The first-order chi connectivity index (χ1) is 12.7. The Balaban J connectivity index is 1.55. The van der Waals surface area contributed by atoms with Crippen molar-refractivity contribution >= 4 is 11.6 Å². The zero-order chi connectivity index (χ0) is 18.6. The molecule has 2 rings (SSSR count). The van der Waals surface area contributed by atoms with Gasteiger partial charge in [-0.2, -0.15) is 5.26 Å². The van der Waals surface area contributed by atoms with Gasteiger partial charge in [0.05, 0.1) is 12.3 Å². The Kier molecular flexibility index (Phi) is 7.90. The Labute approximate surface area is 151 Å². The van der Waals surface area contributed by atoms with E-state index in [9.17, 15) is 9.18 Å². The van der Waals surface area contributed by atoms with E-state index in [1.54, 1.807) is 6.07 Å². The number of hydrogen-bond acceptors (Lipinski definition) is 5. The molecule has 0 aromatic heterocycles. The van der Waals surface area contributed by atoms with Crippen molar-refractivity contribution in [3.8, 4) is 11.8 Å². The van der Waals surface area contributed by atoms with Gasteiger partial charge in [-0.15, -0.1) is 0 Å². The molecule has 136 valence electrons. The van der Waals surface area contributed by atoms with Gasteiger partial charge in [-0.25, -0.2) is 4.39 Å². The Bertz CT molecular complexity index is 747. The third-order valence-corrected chi connectivity index (χ3v) is 3.36. The molecular weight excluding hydrogens is 337 g/mol. The summed E-state index contributed by atoms with van der Waals surface area (Å²) >= 11 is 0. The predicted molar refractivity (Wildman–Crippen MR) is 95.4 cm³/mol. The van der Waals surface area contributed by atoms with Crippen molar-refractivity contribution < 1.29 is 18.7 Å². The fourth-order valence-electron chi connectivity index (χ4n) is 2.14. The van der Waals surface area contributed by atoms with Gasteiger partial charge < -0.3 is 20.1 Å². The Hall–Kier alpha value is -3.11. The number of para-hydroxylation sites is 1. The summed E-state index contributed by atoms with van der Waals surface area (Å²) in [4.78, 5) is 11.6. The Morgan fingerprint density at radius 1 is 1.08 bits per heavy atom. The van der Waals surface area contributed by atoms with E-state index in [1.165, 1.54) is 12.1 Å². The largest absolute Gasteiger partial charge is 0.491 e. The molecule has 0 atom stereocenters. The Morgan fingerprint density at radius 3 is 2.65 bits per heavy atom. The molecule has 0 aliphatic carbocycles. The number of carbonyl (C=O) groups excluding carboxylic acids is 1. The maximum Gasteiger partial charge on any atom is 0.246 e. The molecule has 6 nitrogen and oxygen atoms in total. The molecule has 2 aromatic rings. The molecule has 0 saturated heterocycles. The molecule has 0 bridgehead atoms. The van der Waals surface area contributed by atoms with Crippen molar-refractivity contribution in [1.29, 1.82) is 5.26 Å². The topological polar surface area (TPSA) is 83.4 Å². The molecule has 0 aliphatic heterocycles. The third-order valence-electron chi connectivity index (χ3n) is 3.36. The highest BCUT2D eigenvalue weighted by atomic mass is 19.1. The highest BCUT2D eigenvalue weighted by Gasteiger charge is 2.07. The van der Waals surface area contributed by atoms with Crippen molar-refractivity contribution in [2.75, 3.05) is 38.2 Å². The minimum absolute atomic E-state index is 0.0411. The van der Waals surface area contributed by atoms with Crippen LogP contribution >= 0.6 is 0 Å². The molecule has 26 heavy (non-hydrogen) atoms. The summed E-state index contributed by atoms with van der Waals surface area (Å²) in [7, 11) is 0. The maximum atomic E-state index is 13.4. The standard InChI is InChI=1S/C19H20FN3O3/c20-17-7-4-8-18(16(17)13-21)22-9-10-23-19(24)14-25-11-12-26-15-5-2-1-3-6-15/h1-8,22H,9-12,14H2,(H,23,24). The highest BCUT2D eigenvalue weighted by Crippen LogP contribution is 2.17. The molecule has 0 radical (unpaired) electrons. The molecule has 0 aliphatic rings. The van der Waals surface area contributed by atoms with Crippen LogP contribution in [0.2, 0.25) is 0 Å². The van der Waals surface area contributed by atoms with E-state index in [0.29, 0.717) is 32.0 Å². The van der Waals surface area contributed by atoms with Crippen LogP contribution < -0.4 is 15.4 Å². The smallest absolute Gasteiger partial charge is 0.246 e. The van der Waals surface area contributed by atoms with Crippen molar-refractivity contribution in [1.82, 2.24) is 5.32 Å². The van der Waals surface area contributed by atoms with Gasteiger partial charge in [-0.3, -0.25) is 4.79 Å². The van der Waals surface area contributed by atoms with Crippen molar-refractivity contribution in [3.63, 3.8) is 0 Å². The molecule has 0 saturated carbocycles. The summed E-state index contributed by atoms with van der Waals surface area (Å²) in [6, 6.07) is 15.5. The van der Waals surface area contributed by atoms with Gasteiger partial charge in [0.2, 0.25) is 5.91 Å². The van der Waals surface area contributed by atoms with Gasteiger partial charge in [0.25, 0.3) is 0 Å². The molecule has 7 heteroatoms. The lowest BCUT2D eigenvalue weighted by Crippen LogP contribution is -2.32. The predicted octanol–water partition coefficient (Wildman–Crippen LogP) is 2.32. The van der Waals surface area contributed by atoms with Crippen molar-refractivity contribution in [2.45, 2.75) is 0 Å². The van der Waals surface area contributed by atoms with Crippen LogP contribution in [0.3, 0.4) is 0 Å². The quantitative estimate of drug-likeness (QED) is 0.638. The third kappa shape index (κ3) is 6.42. The van der Waals surface area contributed by atoms with Crippen LogP contribution in [0.4, 0.5) is 10.1 Å². The van der Waals surface area contributed by atoms with E-state index in [-0.39, 0.29) is 18.1 Å². The lowest BCUT2D eigenvalue weighted by atomic mass is 10.2. The van der Waals surface area contributed by atoms with Crippen LogP contribution in [0.25, 0.3) is 0 Å². The lowest BCUT2D eigenvalue weighted by molar-refractivity contribution is -0.125. The lowest BCUT2D eigenvalue weighted by Gasteiger charge is -2.10. The van der Waals surface area contributed by atoms with Crippen LogP contribution in [0, 0.1) is 17.1 Å². The summed E-state index contributed by atoms with van der Waals surface area (Å²) in [6.07, 6.45) is 0. The van der Waals surface area contributed by atoms with Crippen molar-refractivity contribution in [3.05, 3.63) is 59.9 Å². The van der Waals surface area contributed by atoms with E-state index < -0.39 is 5.82 Å². The molecule has 2 aromatic carbocycles. The first-order valence-electron chi connectivity index (χ1n) is 8.15. The SMILES string of the molecule is N#Cc1c(F)cccc1NCCNC(=O)COCCOc1ccccc1. The first-order valence-corrected chi connectivity index (χ1v) is 8.15. The van der Waals surface area contributed by atoms with E-state index in [2.05, 4.69) is 10.6 Å². The fourth-order valence-corrected chi connectivity index (χ4v) is 2.14. The average molecular weight is 357 g/mol. The second-order valence-corrected chi connectivity index (χ2v) is 5.27. The van der Waals surface area contributed by atoms with E-state index in [0.717, 1.165) is 5.75 Å². The first kappa shape index (κ1) is 19.2. The maximum absolute atomic E-state index is 13.4. The summed E-state index contributed by atoms with van der Waals surface area (Å²) < 4.78 is 24.1. The van der Waals surface area contributed by atoms with Gasteiger partial charge in [-0.1, -0.05) is 24.3 Å². The second-order valence-electron chi connectivity index (χ2n) is 5.27. The van der Waals surface area contributed by atoms with Gasteiger partial charge in [-0.05, 0) is 24.3 Å². The summed E-state index contributed by atoms with van der Waals surface area (Å²) in [5.41, 5.74) is 0.358. The molecule has 2 N–H and O–H groups in total. The minimum atomic E-state index is -0.576. The number of nitrogens with one attached hydrogen (secondary N) is 2. The number of anilines is 1. The molecular formula is C19H20FN3O3. The van der Waals surface area contributed by atoms with Crippen molar-refractivity contribution in [2.24, 2.45) is 0 Å². The monoisotopic (exact) mass is 357 g/mol. The van der Waals surface area contributed by atoms with Crippen LogP contribution in [0.5, 0.6) is 5.75 Å². The molecule has 0 unspecified atom stereocenters. The summed E-state index contributed by atoms with van der Waals surface area (Å²) in [5.74, 6) is -0.0837. The molecule has 0 fully saturated rings. The number of ether oxygens (including phenoxy) is 2. The fraction of sp³-hybridized carbons (Fsp3) is 0.263. The number of nitrogens with zero attached hydrogens (tertiary/aromatic N) is 1. The van der Waals surface area contributed by atoms with Crippen LogP contribution in [-0.2, 0) is 9.53 Å². The second kappa shape index (κ2) is 10.7. The number of amides is 1. The van der Waals surface area contributed by atoms with Gasteiger partial charge in [0.1, 0.15) is 36.4 Å². The number of rotatable bonds is 10. The minimum Gasteiger partial charge on any atom is -0.491 e. The summed E-state index contributed by atoms with van der Waals surface area (Å²) in [6.45, 7) is 1.28. The van der Waals surface area contributed by atoms with Crippen LogP contribution in [0.1, 0.15) is 5.56 Å². The van der Waals surface area contributed by atoms with E-state index in [1.807, 2.05) is 36.4 Å². The van der Waals surface area contributed by atoms with Gasteiger partial charge >= 0.3 is 0 Å². The Morgan fingerprint density at radius 2 is 1.88 bits per heavy atom. The van der Waals surface area contributed by atoms with Gasteiger partial charge in [0.15, 0.2) is 0 Å². The number of hydrogen-bond donors (Lipinski definition) is 2. The van der Waals surface area contributed by atoms with E-state index >= 15 is 0 Å². The normalized spacial score (nSPS) is 10.0. The number of halogens is 1. The van der Waals surface area contributed by atoms with Crippen LogP contribution in [-0.4, -0.2) is 38.8 Å². The zero-order valence-corrected chi connectivity index (χ0v) is 14.2. The molecule has 0 spiro atoms. The molecule has 1 amide bonds. The zero-order valence-electron chi connectivity index (χ0n) is 14.2. The van der Waals surface area contributed by atoms with E-state index in [4.69, 9.17) is 14.7 Å². The van der Waals surface area contributed by atoms with Crippen LogP contribution in [0.15, 0.2) is 48.5 Å². The van der Waals surface area contributed by atoms with Gasteiger partial charge in [0, 0.05) is 13.1 Å². The average Bonchev–Trinajstić information content (AvgIpc) is 2.66. The summed E-state index contributed by atoms with van der Waals surface area (Å²) in [5, 5.41) is 14.5. The number of carbonyl (C=O) groups is 1. The highest BCUT2D eigenvalue weighted by molar-refractivity contribution is 5.77. The number of benzene rings is 2. The molecule has 0 heterocycles. The number of nitriles is 1.